The molecule has 0 spiro atoms. The van der Waals surface area contributed by atoms with Crippen molar-refractivity contribution in [2.75, 3.05) is 13.1 Å². The lowest BCUT2D eigenvalue weighted by Crippen LogP contribution is -2.49. The molecule has 198 valence electrons. The van der Waals surface area contributed by atoms with Crippen molar-refractivity contribution in [2.45, 2.75) is 31.9 Å². The monoisotopic (exact) mass is 527 g/mol. The average molecular weight is 528 g/mol. The molecule has 0 aliphatic carbocycles. The van der Waals surface area contributed by atoms with Gasteiger partial charge in [0.25, 0.3) is 11.5 Å². The minimum Gasteiger partial charge on any atom is -0.388 e. The number of rotatable bonds is 5. The number of halogens is 1. The summed E-state index contributed by atoms with van der Waals surface area (Å²) in [4.78, 5) is 36.4. The molecule has 0 saturated carbocycles. The van der Waals surface area contributed by atoms with E-state index in [2.05, 4.69) is 15.1 Å². The van der Waals surface area contributed by atoms with Crippen LogP contribution in [0.15, 0.2) is 78.2 Å². The number of aryl methyl sites for hydroxylation is 1. The predicted octanol–water partition coefficient (Wildman–Crippen LogP) is 2.88. The van der Waals surface area contributed by atoms with Gasteiger partial charge in [0, 0.05) is 36.7 Å². The van der Waals surface area contributed by atoms with Gasteiger partial charge in [-0.15, -0.1) is 0 Å². The maximum absolute atomic E-state index is 13.3. The Labute approximate surface area is 222 Å². The quantitative estimate of drug-likeness (QED) is 0.376. The van der Waals surface area contributed by atoms with Gasteiger partial charge in [-0.25, -0.2) is 19.0 Å². The Balaban J connectivity index is 1.18. The summed E-state index contributed by atoms with van der Waals surface area (Å²) in [6, 6.07) is 13.1. The Kier molecular flexibility index (Phi) is 6.07. The van der Waals surface area contributed by atoms with E-state index in [1.54, 1.807) is 15.8 Å². The summed E-state index contributed by atoms with van der Waals surface area (Å²) in [6.07, 6.45) is 7.15. The smallest absolute Gasteiger partial charge is 0.264 e. The molecule has 0 unspecified atom stereocenters. The molecular weight excluding hydrogens is 501 g/mol. The molecule has 0 bridgehead atoms. The van der Waals surface area contributed by atoms with Crippen molar-refractivity contribution in [3.05, 3.63) is 101 Å². The SMILES string of the molecule is Cc1nccn1-c1ccc(-n2ncc3c(=O)n(CC4(O)CCN(C(=O)c5ccc(F)cc5)CC4)cnc32)cc1. The van der Waals surface area contributed by atoms with Gasteiger partial charge in [-0.2, -0.15) is 5.10 Å². The van der Waals surface area contributed by atoms with Gasteiger partial charge in [0.05, 0.1) is 24.0 Å². The van der Waals surface area contributed by atoms with Crippen molar-refractivity contribution in [3.63, 3.8) is 0 Å². The van der Waals surface area contributed by atoms with Crippen molar-refractivity contribution in [3.8, 4) is 11.4 Å². The zero-order valence-corrected chi connectivity index (χ0v) is 21.2. The van der Waals surface area contributed by atoms with E-state index in [0.29, 0.717) is 42.5 Å². The molecule has 1 aliphatic rings. The van der Waals surface area contributed by atoms with Gasteiger partial charge in [-0.05, 0) is 68.3 Å². The molecule has 6 rings (SSSR count). The molecule has 1 amide bonds. The van der Waals surface area contributed by atoms with E-state index in [4.69, 9.17) is 0 Å². The fourth-order valence-electron chi connectivity index (χ4n) is 5.03. The van der Waals surface area contributed by atoms with Gasteiger partial charge in [0.15, 0.2) is 5.65 Å². The summed E-state index contributed by atoms with van der Waals surface area (Å²) in [5.41, 5.74) is 1.07. The molecule has 2 aromatic carbocycles. The van der Waals surface area contributed by atoms with E-state index in [9.17, 15) is 19.1 Å². The van der Waals surface area contributed by atoms with E-state index in [0.717, 1.165) is 17.2 Å². The number of hydrogen-bond acceptors (Lipinski definition) is 6. The molecule has 1 aliphatic heterocycles. The molecule has 10 nitrogen and oxygen atoms in total. The van der Waals surface area contributed by atoms with Crippen LogP contribution < -0.4 is 5.56 Å². The molecule has 1 N–H and O–H groups in total. The molecule has 0 radical (unpaired) electrons. The molecule has 0 atom stereocenters. The van der Waals surface area contributed by atoms with E-state index >= 15 is 0 Å². The standard InChI is InChI=1S/C28H26FN7O3/c1-19-30-12-15-35(19)22-6-8-23(9-7-22)36-25-24(16-32-36)27(38)34(18-31-25)17-28(39)10-13-33(14-11-28)26(37)20-2-4-21(29)5-3-20/h2-9,12,15-16,18,39H,10-11,13-14,17H2,1H3. The number of carbonyl (C=O) groups excluding carboxylic acids is 1. The molecule has 1 fully saturated rings. The summed E-state index contributed by atoms with van der Waals surface area (Å²) in [6.45, 7) is 2.63. The third kappa shape index (κ3) is 4.61. The minimum atomic E-state index is -1.17. The Bertz CT molecular complexity index is 1710. The van der Waals surface area contributed by atoms with E-state index in [1.807, 2.05) is 42.0 Å². The van der Waals surface area contributed by atoms with Crippen LogP contribution in [-0.4, -0.2) is 63.5 Å². The first kappa shape index (κ1) is 24.7. The molecular formula is C28H26FN7O3. The highest BCUT2D eigenvalue weighted by molar-refractivity contribution is 5.94. The van der Waals surface area contributed by atoms with Gasteiger partial charge in [0.1, 0.15) is 23.4 Å². The summed E-state index contributed by atoms with van der Waals surface area (Å²) in [5.74, 6) is 0.263. The van der Waals surface area contributed by atoms with E-state index in [-0.39, 0.29) is 18.0 Å². The largest absolute Gasteiger partial charge is 0.388 e. The van der Waals surface area contributed by atoms with Crippen molar-refractivity contribution in [1.29, 1.82) is 0 Å². The van der Waals surface area contributed by atoms with Crippen LogP contribution in [0.4, 0.5) is 4.39 Å². The van der Waals surface area contributed by atoms with Crippen LogP contribution >= 0.6 is 0 Å². The number of aromatic nitrogens is 6. The molecule has 5 aromatic rings. The van der Waals surface area contributed by atoms with Gasteiger partial charge in [-0.3, -0.25) is 14.2 Å². The summed E-state index contributed by atoms with van der Waals surface area (Å²) in [5, 5.41) is 16.0. The highest BCUT2D eigenvalue weighted by Gasteiger charge is 2.35. The molecule has 4 heterocycles. The third-order valence-electron chi connectivity index (χ3n) is 7.29. The first-order chi connectivity index (χ1) is 18.8. The van der Waals surface area contributed by atoms with Crippen LogP contribution in [-0.2, 0) is 6.54 Å². The summed E-state index contributed by atoms with van der Waals surface area (Å²) >= 11 is 0. The number of hydrogen-bond donors (Lipinski definition) is 1. The van der Waals surface area contributed by atoms with E-state index in [1.165, 1.54) is 41.4 Å². The Morgan fingerprint density at radius 3 is 2.38 bits per heavy atom. The lowest BCUT2D eigenvalue weighted by Gasteiger charge is -2.38. The predicted molar refractivity (Wildman–Crippen MR) is 141 cm³/mol. The number of amides is 1. The number of nitrogens with zero attached hydrogens (tertiary/aromatic N) is 7. The fraction of sp³-hybridized carbons (Fsp3) is 0.250. The van der Waals surface area contributed by atoms with Crippen molar-refractivity contribution in [1.82, 2.24) is 33.8 Å². The number of piperidine rings is 1. The maximum Gasteiger partial charge on any atom is 0.264 e. The molecule has 11 heteroatoms. The summed E-state index contributed by atoms with van der Waals surface area (Å²) < 4.78 is 18.2. The Morgan fingerprint density at radius 2 is 1.72 bits per heavy atom. The minimum absolute atomic E-state index is 0.0531. The number of imidazole rings is 1. The van der Waals surface area contributed by atoms with Gasteiger partial charge >= 0.3 is 0 Å². The van der Waals surface area contributed by atoms with Crippen LogP contribution in [0.25, 0.3) is 22.4 Å². The normalized spacial score (nSPS) is 15.1. The second-order valence-electron chi connectivity index (χ2n) is 9.86. The second kappa shape index (κ2) is 9.59. The van der Waals surface area contributed by atoms with Crippen LogP contribution in [0.1, 0.15) is 29.0 Å². The zero-order chi connectivity index (χ0) is 27.1. The first-order valence-corrected chi connectivity index (χ1v) is 12.6. The van der Waals surface area contributed by atoms with Gasteiger partial charge < -0.3 is 14.6 Å². The van der Waals surface area contributed by atoms with E-state index < -0.39 is 11.4 Å². The summed E-state index contributed by atoms with van der Waals surface area (Å²) in [7, 11) is 0. The topological polar surface area (TPSA) is 111 Å². The van der Waals surface area contributed by atoms with Crippen LogP contribution in [0.5, 0.6) is 0 Å². The van der Waals surface area contributed by atoms with Crippen molar-refractivity contribution >= 4 is 16.9 Å². The number of likely N-dealkylation sites (tertiary alicyclic amines) is 1. The third-order valence-corrected chi connectivity index (χ3v) is 7.29. The van der Waals surface area contributed by atoms with Crippen molar-refractivity contribution in [2.24, 2.45) is 0 Å². The highest BCUT2D eigenvalue weighted by atomic mass is 19.1. The molecule has 1 saturated heterocycles. The Morgan fingerprint density at radius 1 is 1.03 bits per heavy atom. The van der Waals surface area contributed by atoms with Crippen LogP contribution in [0.3, 0.4) is 0 Å². The Hall–Kier alpha value is -4.64. The number of aliphatic hydroxyl groups is 1. The molecule has 3 aromatic heterocycles. The zero-order valence-electron chi connectivity index (χ0n) is 21.2. The lowest BCUT2D eigenvalue weighted by atomic mass is 9.91. The maximum atomic E-state index is 13.3. The average Bonchev–Trinajstić information content (AvgIpc) is 3.57. The second-order valence-corrected chi connectivity index (χ2v) is 9.86. The fourth-order valence-corrected chi connectivity index (χ4v) is 5.03. The van der Waals surface area contributed by atoms with Crippen LogP contribution in [0, 0.1) is 12.7 Å². The van der Waals surface area contributed by atoms with Gasteiger partial charge in [0.2, 0.25) is 0 Å². The lowest BCUT2D eigenvalue weighted by molar-refractivity contribution is -0.0299. The first-order valence-electron chi connectivity index (χ1n) is 12.6. The van der Waals surface area contributed by atoms with Gasteiger partial charge in [-0.1, -0.05) is 0 Å². The van der Waals surface area contributed by atoms with Crippen molar-refractivity contribution < 1.29 is 14.3 Å². The van der Waals surface area contributed by atoms with Crippen LogP contribution in [0.2, 0.25) is 0 Å². The number of fused-ring (bicyclic) bond motifs is 1. The number of benzene rings is 2. The highest BCUT2D eigenvalue weighted by Crippen LogP contribution is 2.25. The molecule has 39 heavy (non-hydrogen) atoms. The number of carbonyl (C=O) groups is 1.